The predicted molar refractivity (Wildman–Crippen MR) is 238 cm³/mol. The summed E-state index contributed by atoms with van der Waals surface area (Å²) in [5.41, 5.74) is 18.3. The highest BCUT2D eigenvalue weighted by Crippen LogP contribution is 2.52. The molecule has 0 atom stereocenters. The molecule has 9 aromatic rings. The maximum Gasteiger partial charge on any atom is 0.0546 e. The van der Waals surface area contributed by atoms with Gasteiger partial charge in [0.1, 0.15) is 0 Å². The van der Waals surface area contributed by atoms with E-state index in [9.17, 15) is 0 Å². The summed E-state index contributed by atoms with van der Waals surface area (Å²) in [6.45, 7) is 4.73. The van der Waals surface area contributed by atoms with Gasteiger partial charge in [-0.15, -0.1) is 0 Å². The van der Waals surface area contributed by atoms with Gasteiger partial charge in [0.15, 0.2) is 0 Å². The molecule has 0 aliphatic heterocycles. The summed E-state index contributed by atoms with van der Waals surface area (Å²) in [6.07, 6.45) is 0. The Hall–Kier alpha value is -6.96. The first-order valence-corrected chi connectivity index (χ1v) is 19.5. The molecule has 0 fully saturated rings. The summed E-state index contributed by atoms with van der Waals surface area (Å²) in [6, 6.07) is 77.6. The lowest BCUT2D eigenvalue weighted by molar-refractivity contribution is 0.662. The van der Waals surface area contributed by atoms with Gasteiger partial charge >= 0.3 is 0 Å². The van der Waals surface area contributed by atoms with Crippen molar-refractivity contribution in [3.05, 3.63) is 223 Å². The Labute approximate surface area is 329 Å². The van der Waals surface area contributed by atoms with Gasteiger partial charge in [0.2, 0.25) is 0 Å². The van der Waals surface area contributed by atoms with Crippen LogP contribution in [0.3, 0.4) is 0 Å². The standard InChI is InChI=1S/C55H41N/c1-55(2)51-26-13-11-23-49(51)50-25-15-24-48(54(50)55)41-30-33-45(34-31-41)56(52-27-14-12-22-46(52)39-17-5-3-6-18-39)53-37-44(32-35-47(53)40-19-7-4-8-20-40)43-29-28-38-16-9-10-21-42(38)36-43/h3-37H,1-2H3. The lowest BCUT2D eigenvalue weighted by Crippen LogP contribution is -2.16. The zero-order chi connectivity index (χ0) is 37.6. The molecule has 1 nitrogen and oxygen atoms in total. The van der Waals surface area contributed by atoms with E-state index in [1.54, 1.807) is 0 Å². The third-order valence-corrected chi connectivity index (χ3v) is 11.7. The molecule has 0 bridgehead atoms. The van der Waals surface area contributed by atoms with Crippen molar-refractivity contribution < 1.29 is 0 Å². The second-order valence-corrected chi connectivity index (χ2v) is 15.3. The van der Waals surface area contributed by atoms with E-state index in [0.717, 1.165) is 17.1 Å². The fraction of sp³-hybridized carbons (Fsp3) is 0.0545. The van der Waals surface area contributed by atoms with Crippen molar-refractivity contribution in [1.29, 1.82) is 0 Å². The molecular formula is C55H41N. The molecule has 10 rings (SSSR count). The molecule has 0 saturated carbocycles. The first-order valence-electron chi connectivity index (χ1n) is 19.5. The van der Waals surface area contributed by atoms with Gasteiger partial charge in [0.05, 0.1) is 11.4 Å². The molecule has 0 aromatic heterocycles. The normalized spacial score (nSPS) is 12.6. The van der Waals surface area contributed by atoms with Crippen molar-refractivity contribution in [3.63, 3.8) is 0 Å². The lowest BCUT2D eigenvalue weighted by atomic mass is 9.79. The SMILES string of the molecule is CC1(C)c2ccccc2-c2cccc(-c3ccc(N(c4ccccc4-c4ccccc4)c4cc(-c5ccc6ccccc6c5)ccc4-c4ccccc4)cc3)c21. The Bertz CT molecular complexity index is 2870. The molecule has 0 spiro atoms. The molecule has 0 saturated heterocycles. The maximum atomic E-state index is 2.47. The largest absolute Gasteiger partial charge is 0.309 e. The van der Waals surface area contributed by atoms with E-state index in [1.807, 2.05) is 0 Å². The van der Waals surface area contributed by atoms with E-state index in [-0.39, 0.29) is 5.41 Å². The van der Waals surface area contributed by atoms with Gasteiger partial charge in [-0.25, -0.2) is 0 Å². The van der Waals surface area contributed by atoms with Crippen molar-refractivity contribution in [2.24, 2.45) is 0 Å². The maximum absolute atomic E-state index is 2.47. The number of fused-ring (bicyclic) bond motifs is 4. The number of hydrogen-bond donors (Lipinski definition) is 0. The Kier molecular flexibility index (Phi) is 8.23. The van der Waals surface area contributed by atoms with Crippen molar-refractivity contribution >= 4 is 27.8 Å². The van der Waals surface area contributed by atoms with Crippen LogP contribution in [0.25, 0.3) is 66.4 Å². The quantitative estimate of drug-likeness (QED) is 0.159. The highest BCUT2D eigenvalue weighted by atomic mass is 15.1. The molecule has 56 heavy (non-hydrogen) atoms. The van der Waals surface area contributed by atoms with Crippen LogP contribution in [0, 0.1) is 0 Å². The van der Waals surface area contributed by atoms with Gasteiger partial charge in [0, 0.05) is 22.2 Å². The van der Waals surface area contributed by atoms with Gasteiger partial charge < -0.3 is 4.90 Å². The third-order valence-electron chi connectivity index (χ3n) is 11.7. The summed E-state index contributed by atoms with van der Waals surface area (Å²) in [7, 11) is 0. The van der Waals surface area contributed by atoms with Gasteiger partial charge in [-0.05, 0) is 96.7 Å². The molecule has 1 heteroatoms. The van der Waals surface area contributed by atoms with Crippen LogP contribution in [-0.2, 0) is 5.41 Å². The average Bonchev–Trinajstić information content (AvgIpc) is 3.50. The minimum Gasteiger partial charge on any atom is -0.309 e. The number of nitrogens with zero attached hydrogens (tertiary/aromatic N) is 1. The summed E-state index contributed by atoms with van der Waals surface area (Å²) in [5.74, 6) is 0. The molecule has 1 aliphatic rings. The zero-order valence-electron chi connectivity index (χ0n) is 31.7. The van der Waals surface area contributed by atoms with Crippen LogP contribution in [-0.4, -0.2) is 0 Å². The van der Waals surface area contributed by atoms with E-state index in [4.69, 9.17) is 0 Å². The number of anilines is 3. The molecule has 0 unspecified atom stereocenters. The van der Waals surface area contributed by atoms with Gasteiger partial charge in [-0.1, -0.05) is 196 Å². The molecule has 0 amide bonds. The van der Waals surface area contributed by atoms with Crippen LogP contribution in [0.4, 0.5) is 17.1 Å². The van der Waals surface area contributed by atoms with Crippen molar-refractivity contribution in [2.45, 2.75) is 19.3 Å². The number of hydrogen-bond acceptors (Lipinski definition) is 1. The summed E-state index contributed by atoms with van der Waals surface area (Å²) in [4.78, 5) is 2.47. The highest BCUT2D eigenvalue weighted by Gasteiger charge is 2.37. The van der Waals surface area contributed by atoms with E-state index in [2.05, 4.69) is 231 Å². The number of benzene rings is 9. The predicted octanol–water partition coefficient (Wildman–Crippen LogP) is 15.3. The number of para-hydroxylation sites is 1. The second-order valence-electron chi connectivity index (χ2n) is 15.3. The van der Waals surface area contributed by atoms with Crippen LogP contribution in [0.1, 0.15) is 25.0 Å². The minimum atomic E-state index is -0.102. The Morgan fingerprint density at radius 2 is 0.839 bits per heavy atom. The summed E-state index contributed by atoms with van der Waals surface area (Å²) < 4.78 is 0. The van der Waals surface area contributed by atoms with Crippen molar-refractivity contribution in [3.8, 4) is 55.6 Å². The summed E-state index contributed by atoms with van der Waals surface area (Å²) >= 11 is 0. The summed E-state index contributed by atoms with van der Waals surface area (Å²) in [5, 5.41) is 2.48. The van der Waals surface area contributed by atoms with Crippen LogP contribution in [0.15, 0.2) is 212 Å². The average molecular weight is 716 g/mol. The van der Waals surface area contributed by atoms with E-state index in [1.165, 1.54) is 77.5 Å². The Morgan fingerprint density at radius 3 is 1.59 bits per heavy atom. The lowest BCUT2D eigenvalue weighted by Gasteiger charge is -2.31. The minimum absolute atomic E-state index is 0.102. The molecule has 266 valence electrons. The van der Waals surface area contributed by atoms with Crippen LogP contribution in [0.2, 0.25) is 0 Å². The molecule has 9 aromatic carbocycles. The second kappa shape index (κ2) is 13.7. The van der Waals surface area contributed by atoms with E-state index in [0.29, 0.717) is 0 Å². The van der Waals surface area contributed by atoms with Crippen LogP contribution >= 0.6 is 0 Å². The fourth-order valence-corrected chi connectivity index (χ4v) is 8.94. The van der Waals surface area contributed by atoms with Gasteiger partial charge in [0.25, 0.3) is 0 Å². The monoisotopic (exact) mass is 715 g/mol. The van der Waals surface area contributed by atoms with Crippen LogP contribution < -0.4 is 4.90 Å². The molecule has 1 aliphatic carbocycles. The van der Waals surface area contributed by atoms with E-state index < -0.39 is 0 Å². The molecule has 0 N–H and O–H groups in total. The number of rotatable bonds is 7. The topological polar surface area (TPSA) is 3.24 Å². The van der Waals surface area contributed by atoms with Crippen LogP contribution in [0.5, 0.6) is 0 Å². The molecule has 0 heterocycles. The Balaban J connectivity index is 1.18. The first-order chi connectivity index (χ1) is 27.5. The van der Waals surface area contributed by atoms with Crippen molar-refractivity contribution in [1.82, 2.24) is 0 Å². The van der Waals surface area contributed by atoms with Crippen molar-refractivity contribution in [2.75, 3.05) is 4.90 Å². The first kappa shape index (κ1) is 33.6. The van der Waals surface area contributed by atoms with Gasteiger partial charge in [-0.3, -0.25) is 0 Å². The zero-order valence-corrected chi connectivity index (χ0v) is 31.7. The van der Waals surface area contributed by atoms with E-state index >= 15 is 0 Å². The Morgan fingerprint density at radius 1 is 0.321 bits per heavy atom. The fourth-order valence-electron chi connectivity index (χ4n) is 8.94. The smallest absolute Gasteiger partial charge is 0.0546 e. The molecule has 0 radical (unpaired) electrons. The highest BCUT2D eigenvalue weighted by molar-refractivity contribution is 5.97. The van der Waals surface area contributed by atoms with Gasteiger partial charge in [-0.2, -0.15) is 0 Å². The third kappa shape index (κ3) is 5.72. The molecular weight excluding hydrogens is 675 g/mol.